The lowest BCUT2D eigenvalue weighted by atomic mass is 10.1. The number of halogens is 3. The van der Waals surface area contributed by atoms with Gasteiger partial charge in [0.1, 0.15) is 5.75 Å². The van der Waals surface area contributed by atoms with Crippen LogP contribution in [0.5, 0.6) is 5.75 Å². The summed E-state index contributed by atoms with van der Waals surface area (Å²) in [4.78, 5) is 0. The Morgan fingerprint density at radius 3 is 2.62 bits per heavy atom. The molecule has 0 bridgehead atoms. The highest BCUT2D eigenvalue weighted by Gasteiger charge is 2.31. The van der Waals surface area contributed by atoms with E-state index < -0.39 is 6.36 Å². The van der Waals surface area contributed by atoms with Crippen LogP contribution in [0, 0.1) is 0 Å². The molecule has 1 atom stereocenters. The van der Waals surface area contributed by atoms with Crippen LogP contribution in [-0.4, -0.2) is 6.36 Å². The first kappa shape index (κ1) is 12.8. The molecule has 1 rings (SSSR count). The van der Waals surface area contributed by atoms with Crippen molar-refractivity contribution >= 4 is 0 Å². The number of benzene rings is 1. The summed E-state index contributed by atoms with van der Waals surface area (Å²) in [6.07, 6.45) is -4.00. The van der Waals surface area contributed by atoms with Gasteiger partial charge in [0.2, 0.25) is 0 Å². The lowest BCUT2D eigenvalue weighted by Crippen LogP contribution is -2.27. The Kier molecular flexibility index (Phi) is 4.14. The Balaban J connectivity index is 2.86. The maximum absolute atomic E-state index is 12.0. The number of nitrogens with one attached hydrogen (secondary N) is 1. The van der Waals surface area contributed by atoms with Crippen molar-refractivity contribution in [2.45, 2.75) is 25.7 Å². The summed E-state index contributed by atoms with van der Waals surface area (Å²) in [5.41, 5.74) is 3.18. The normalized spacial score (nSPS) is 13.6. The van der Waals surface area contributed by atoms with Crippen molar-refractivity contribution in [3.05, 3.63) is 29.8 Å². The third kappa shape index (κ3) is 3.71. The van der Waals surface area contributed by atoms with Crippen LogP contribution in [0.2, 0.25) is 0 Å². The number of nitrogens with two attached hydrogens (primary N) is 1. The first-order valence-electron chi connectivity index (χ1n) is 4.78. The highest BCUT2D eigenvalue weighted by molar-refractivity contribution is 5.30. The maximum Gasteiger partial charge on any atom is 0.573 e. The van der Waals surface area contributed by atoms with Gasteiger partial charge in [-0.1, -0.05) is 19.1 Å². The molecule has 3 N–H and O–H groups in total. The summed E-state index contributed by atoms with van der Waals surface area (Å²) in [5, 5.41) is 0. The second-order valence-electron chi connectivity index (χ2n) is 3.25. The molecule has 1 aromatic rings. The number of rotatable bonds is 4. The summed E-state index contributed by atoms with van der Waals surface area (Å²) in [7, 11) is 0. The monoisotopic (exact) mass is 234 g/mol. The fourth-order valence-electron chi connectivity index (χ4n) is 1.38. The second kappa shape index (κ2) is 5.18. The quantitative estimate of drug-likeness (QED) is 0.621. The standard InChI is InChI=1S/C10H13F3N2O/c1-2-9(15-14)7-4-3-5-8(6-7)16-10(11,12)13/h3-6,9,15H,2,14H2,1H3. The minimum Gasteiger partial charge on any atom is -0.406 e. The fraction of sp³-hybridized carbons (Fsp3) is 0.400. The van der Waals surface area contributed by atoms with Gasteiger partial charge in [0, 0.05) is 6.04 Å². The number of ether oxygens (including phenoxy) is 1. The lowest BCUT2D eigenvalue weighted by Gasteiger charge is -2.15. The van der Waals surface area contributed by atoms with Gasteiger partial charge in [-0.3, -0.25) is 11.3 Å². The van der Waals surface area contributed by atoms with E-state index in [-0.39, 0.29) is 11.8 Å². The SMILES string of the molecule is CCC(NN)c1cccc(OC(F)(F)F)c1. The molecule has 0 aliphatic carbocycles. The van der Waals surface area contributed by atoms with E-state index in [1.54, 1.807) is 6.07 Å². The molecule has 0 saturated heterocycles. The van der Waals surface area contributed by atoms with Gasteiger partial charge in [-0.05, 0) is 24.1 Å². The van der Waals surface area contributed by atoms with Gasteiger partial charge >= 0.3 is 6.36 Å². The van der Waals surface area contributed by atoms with Gasteiger partial charge < -0.3 is 4.74 Å². The molecule has 0 radical (unpaired) electrons. The molecule has 0 fully saturated rings. The van der Waals surface area contributed by atoms with E-state index in [0.717, 1.165) is 0 Å². The minimum absolute atomic E-state index is 0.184. The van der Waals surface area contributed by atoms with Crippen molar-refractivity contribution in [3.8, 4) is 5.75 Å². The molecule has 90 valence electrons. The van der Waals surface area contributed by atoms with Crippen LogP contribution in [0.3, 0.4) is 0 Å². The Morgan fingerprint density at radius 2 is 2.12 bits per heavy atom. The molecular weight excluding hydrogens is 221 g/mol. The molecule has 6 heteroatoms. The van der Waals surface area contributed by atoms with Crippen LogP contribution >= 0.6 is 0 Å². The summed E-state index contributed by atoms with van der Waals surface area (Å²) in [6.45, 7) is 1.88. The number of hydrogen-bond donors (Lipinski definition) is 2. The molecule has 0 aliphatic rings. The van der Waals surface area contributed by atoms with Crippen molar-refractivity contribution in [1.29, 1.82) is 0 Å². The van der Waals surface area contributed by atoms with Gasteiger partial charge in [0.05, 0.1) is 0 Å². The summed E-state index contributed by atoms with van der Waals surface area (Å²) >= 11 is 0. The largest absolute Gasteiger partial charge is 0.573 e. The van der Waals surface area contributed by atoms with Crippen molar-refractivity contribution < 1.29 is 17.9 Å². The van der Waals surface area contributed by atoms with E-state index in [9.17, 15) is 13.2 Å². The molecule has 0 spiro atoms. The predicted molar refractivity (Wildman–Crippen MR) is 53.5 cm³/mol. The van der Waals surface area contributed by atoms with Gasteiger partial charge in [0.15, 0.2) is 0 Å². The molecule has 16 heavy (non-hydrogen) atoms. The average Bonchev–Trinajstić information content (AvgIpc) is 2.17. The molecule has 1 unspecified atom stereocenters. The molecule has 0 saturated carbocycles. The van der Waals surface area contributed by atoms with Crippen LogP contribution in [-0.2, 0) is 0 Å². The molecule has 0 aromatic heterocycles. The molecular formula is C10H13F3N2O. The lowest BCUT2D eigenvalue weighted by molar-refractivity contribution is -0.274. The van der Waals surface area contributed by atoms with Gasteiger partial charge in [0.25, 0.3) is 0 Å². The predicted octanol–water partition coefficient (Wildman–Crippen LogP) is 2.50. The third-order valence-corrected chi connectivity index (χ3v) is 2.10. The smallest absolute Gasteiger partial charge is 0.406 e. The second-order valence-corrected chi connectivity index (χ2v) is 3.25. The first-order chi connectivity index (χ1) is 7.46. The van der Waals surface area contributed by atoms with E-state index in [1.165, 1.54) is 18.2 Å². The topological polar surface area (TPSA) is 47.3 Å². The van der Waals surface area contributed by atoms with Crippen LogP contribution in [0.15, 0.2) is 24.3 Å². The van der Waals surface area contributed by atoms with E-state index in [0.29, 0.717) is 12.0 Å². The highest BCUT2D eigenvalue weighted by atomic mass is 19.4. The zero-order valence-electron chi connectivity index (χ0n) is 8.71. The van der Waals surface area contributed by atoms with Crippen molar-refractivity contribution in [2.24, 2.45) is 5.84 Å². The van der Waals surface area contributed by atoms with Gasteiger partial charge in [-0.25, -0.2) is 0 Å². The van der Waals surface area contributed by atoms with Crippen LogP contribution < -0.4 is 16.0 Å². The van der Waals surface area contributed by atoms with E-state index in [1.807, 2.05) is 6.92 Å². The third-order valence-electron chi connectivity index (χ3n) is 2.10. The maximum atomic E-state index is 12.0. The Bertz CT molecular complexity index is 337. The van der Waals surface area contributed by atoms with Crippen LogP contribution in [0.25, 0.3) is 0 Å². The zero-order chi connectivity index (χ0) is 12.2. The average molecular weight is 234 g/mol. The zero-order valence-corrected chi connectivity index (χ0v) is 8.71. The van der Waals surface area contributed by atoms with E-state index >= 15 is 0 Å². The Labute approximate surface area is 91.4 Å². The first-order valence-corrected chi connectivity index (χ1v) is 4.78. The molecule has 0 heterocycles. The molecule has 3 nitrogen and oxygen atoms in total. The highest BCUT2D eigenvalue weighted by Crippen LogP contribution is 2.26. The van der Waals surface area contributed by atoms with E-state index in [4.69, 9.17) is 5.84 Å². The van der Waals surface area contributed by atoms with Gasteiger partial charge in [-0.15, -0.1) is 13.2 Å². The minimum atomic E-state index is -4.67. The number of alkyl halides is 3. The summed E-state index contributed by atoms with van der Waals surface area (Å²) in [6, 6.07) is 5.58. The van der Waals surface area contributed by atoms with Crippen molar-refractivity contribution in [3.63, 3.8) is 0 Å². The van der Waals surface area contributed by atoms with Gasteiger partial charge in [-0.2, -0.15) is 0 Å². The number of hydrazine groups is 1. The molecule has 0 aliphatic heterocycles. The molecule has 1 aromatic carbocycles. The Hall–Kier alpha value is -1.27. The van der Waals surface area contributed by atoms with Crippen molar-refractivity contribution in [1.82, 2.24) is 5.43 Å². The Morgan fingerprint density at radius 1 is 1.44 bits per heavy atom. The van der Waals surface area contributed by atoms with Crippen molar-refractivity contribution in [2.75, 3.05) is 0 Å². The fourth-order valence-corrected chi connectivity index (χ4v) is 1.38. The van der Waals surface area contributed by atoms with Crippen LogP contribution in [0.1, 0.15) is 24.9 Å². The summed E-state index contributed by atoms with van der Waals surface area (Å²) in [5.74, 6) is 5.04. The van der Waals surface area contributed by atoms with E-state index in [2.05, 4.69) is 10.2 Å². The van der Waals surface area contributed by atoms with Crippen LogP contribution in [0.4, 0.5) is 13.2 Å². The summed E-state index contributed by atoms with van der Waals surface area (Å²) < 4.78 is 39.7. The number of hydrogen-bond acceptors (Lipinski definition) is 3. The molecule has 0 amide bonds.